The molecule has 2 unspecified atom stereocenters. The normalized spacial score (nSPS) is 12.1. The van der Waals surface area contributed by atoms with Crippen LogP contribution in [0.3, 0.4) is 0 Å². The number of rotatable bonds is 18. The highest BCUT2D eigenvalue weighted by molar-refractivity contribution is 6.81. The number of esters is 1. The molecule has 0 radical (unpaired) electrons. The summed E-state index contributed by atoms with van der Waals surface area (Å²) < 4.78 is 14.1. The number of hydrogen-bond donors (Lipinski definition) is 0. The summed E-state index contributed by atoms with van der Waals surface area (Å²) >= 11 is 4.74. The van der Waals surface area contributed by atoms with Crippen LogP contribution in [0.2, 0.25) is 0 Å². The number of aromatic nitrogens is 2. The number of unbranched alkanes of at least 4 members (excludes halogenated alkanes) is 2. The number of ketones is 2. The summed E-state index contributed by atoms with van der Waals surface area (Å²) in [5.74, 6) is -0.690. The maximum Gasteiger partial charge on any atom is 0.379 e. The molecule has 0 fully saturated rings. The van der Waals surface area contributed by atoms with Gasteiger partial charge in [0.15, 0.2) is 0 Å². The number of para-hydroxylation sites is 3. The lowest BCUT2D eigenvalue weighted by Crippen LogP contribution is -2.17. The number of methoxy groups -OCH3 is 1. The van der Waals surface area contributed by atoms with Crippen LogP contribution in [0.1, 0.15) is 96.3 Å². The van der Waals surface area contributed by atoms with E-state index in [4.69, 9.17) is 16.3 Å². The minimum Gasteiger partial charge on any atom is -0.460 e. The van der Waals surface area contributed by atoms with Crippen LogP contribution >= 0.6 is 11.6 Å². The molecule has 2 heterocycles. The third-order valence-corrected chi connectivity index (χ3v) is 10.8. The second-order valence-electron chi connectivity index (χ2n) is 14.5. The largest absolute Gasteiger partial charge is 0.460 e. The van der Waals surface area contributed by atoms with E-state index in [1.54, 1.807) is 13.0 Å². The van der Waals surface area contributed by atoms with Crippen LogP contribution in [-0.4, -0.2) is 52.2 Å². The first-order valence-corrected chi connectivity index (χ1v) is 20.9. The Morgan fingerprint density at radius 1 is 0.614 bits per heavy atom. The van der Waals surface area contributed by atoms with E-state index in [0.29, 0.717) is 11.5 Å². The summed E-state index contributed by atoms with van der Waals surface area (Å²) in [7, 11) is 1.32. The zero-order valence-electron chi connectivity index (χ0n) is 34.5. The van der Waals surface area contributed by atoms with Gasteiger partial charge >= 0.3 is 5.97 Å². The molecule has 0 amide bonds. The molecule has 0 saturated heterocycles. The highest BCUT2D eigenvalue weighted by Crippen LogP contribution is 2.33. The molecular formula is C48H59ClN2O6. The van der Waals surface area contributed by atoms with Gasteiger partial charge in [0.1, 0.15) is 6.61 Å². The number of carbonyl (C=O) groups is 4. The second kappa shape index (κ2) is 22.8. The van der Waals surface area contributed by atoms with Crippen LogP contribution < -0.4 is 0 Å². The van der Waals surface area contributed by atoms with E-state index < -0.39 is 22.8 Å². The molecular weight excluding hydrogens is 736 g/mol. The molecule has 2 aromatic heterocycles. The van der Waals surface area contributed by atoms with Crippen LogP contribution in [0.15, 0.2) is 91.0 Å². The summed E-state index contributed by atoms with van der Waals surface area (Å²) in [6.45, 7) is 12.9. The van der Waals surface area contributed by atoms with Gasteiger partial charge in [-0.15, -0.1) is 0 Å². The van der Waals surface area contributed by atoms with E-state index in [1.807, 2.05) is 18.2 Å². The lowest BCUT2D eigenvalue weighted by molar-refractivity contribution is -0.137. The molecule has 0 aliphatic carbocycles. The van der Waals surface area contributed by atoms with Crippen LogP contribution in [0.5, 0.6) is 0 Å². The zero-order chi connectivity index (χ0) is 41.3. The molecule has 6 aromatic rings. The molecule has 0 aliphatic heterocycles. The Morgan fingerprint density at radius 3 is 1.44 bits per heavy atom. The average molecular weight is 795 g/mol. The Morgan fingerprint density at radius 2 is 1.05 bits per heavy atom. The van der Waals surface area contributed by atoms with Crippen molar-refractivity contribution in [3.8, 4) is 0 Å². The molecule has 9 heteroatoms. The van der Waals surface area contributed by atoms with E-state index in [9.17, 15) is 19.2 Å². The summed E-state index contributed by atoms with van der Waals surface area (Å²) in [5, 5.41) is 3.92. The Hall–Kier alpha value is -4.79. The topological polar surface area (TPSA) is 96.6 Å². The van der Waals surface area contributed by atoms with Crippen LogP contribution in [0.25, 0.3) is 43.6 Å². The van der Waals surface area contributed by atoms with Gasteiger partial charge in [-0.2, -0.15) is 0 Å². The molecule has 6 rings (SSSR count). The van der Waals surface area contributed by atoms with Crippen molar-refractivity contribution in [2.45, 2.75) is 99.1 Å². The molecule has 0 spiro atoms. The highest BCUT2D eigenvalue weighted by atomic mass is 35.5. The van der Waals surface area contributed by atoms with Crippen molar-refractivity contribution < 1.29 is 28.7 Å². The maximum atomic E-state index is 12.4. The summed E-state index contributed by atoms with van der Waals surface area (Å²) in [6, 6.07) is 31.5. The molecule has 304 valence electrons. The number of benzene rings is 4. The van der Waals surface area contributed by atoms with Crippen molar-refractivity contribution in [1.29, 1.82) is 0 Å². The number of hydrogen-bond acceptors (Lipinski definition) is 6. The predicted octanol–water partition coefficient (Wildman–Crippen LogP) is 11.7. The maximum absolute atomic E-state index is 12.4. The summed E-state index contributed by atoms with van der Waals surface area (Å²) in [6.07, 6.45) is 10.1. The fourth-order valence-corrected chi connectivity index (χ4v) is 7.50. The Kier molecular flexibility index (Phi) is 18.0. The number of fused-ring (bicyclic) bond motifs is 6. The van der Waals surface area contributed by atoms with Crippen molar-refractivity contribution >= 4 is 78.0 Å². The number of Topliss-reactive ketones (excluding diaryl/α,β-unsaturated/α-hetero) is 2. The van der Waals surface area contributed by atoms with Gasteiger partial charge in [-0.1, -0.05) is 121 Å². The van der Waals surface area contributed by atoms with E-state index in [0.717, 1.165) is 41.7 Å². The van der Waals surface area contributed by atoms with E-state index in [2.05, 4.69) is 108 Å². The lowest BCUT2D eigenvalue weighted by atomic mass is 9.99. The van der Waals surface area contributed by atoms with Gasteiger partial charge < -0.3 is 18.6 Å². The molecule has 0 saturated carbocycles. The van der Waals surface area contributed by atoms with Crippen LogP contribution in [0, 0.1) is 11.8 Å². The first-order chi connectivity index (χ1) is 27.6. The molecule has 0 N–H and O–H groups in total. The first kappa shape index (κ1) is 44.9. The van der Waals surface area contributed by atoms with E-state index >= 15 is 0 Å². The van der Waals surface area contributed by atoms with Gasteiger partial charge in [0.2, 0.25) is 5.78 Å². The van der Waals surface area contributed by atoms with Crippen molar-refractivity contribution in [3.63, 3.8) is 0 Å². The highest BCUT2D eigenvalue weighted by Gasteiger charge is 2.21. The van der Waals surface area contributed by atoms with Gasteiger partial charge in [0, 0.05) is 69.4 Å². The van der Waals surface area contributed by atoms with Crippen molar-refractivity contribution in [2.24, 2.45) is 11.8 Å². The summed E-state index contributed by atoms with van der Waals surface area (Å²) in [4.78, 5) is 44.2. The third kappa shape index (κ3) is 11.6. The standard InChI is InChI=1S/C24H29NO3.C20H25N.C4H5ClO3/c1-4-7-10-17(5-2)16-25-21-12-9-8-11-19(21)20-15-18(13-14-22(20)25)23(26)24(27)28-6-3;1-3-5-10-16(4-2)15-21-19-13-8-6-11-17(19)18-12-7-9-14-20(18)21;1-8-2-3(6)4(5)7/h8-9,11-15,17H,4-7,10,16H2,1-3H3;6-9,11-14,16H,3-5,10,15H2,1-2H3;2H2,1H3. The minimum atomic E-state index is -0.980. The SMILES string of the molecule is CCCCC(CC)Cn1c2ccccc2c2cc(C(=O)C(=O)OCC)ccc21.CCCCC(CC)Cn1c2ccccc2c2ccccc21.COCC(=O)C(=O)Cl. The average Bonchev–Trinajstić information content (AvgIpc) is 3.72. The van der Waals surface area contributed by atoms with Crippen LogP contribution in [0.4, 0.5) is 0 Å². The van der Waals surface area contributed by atoms with Gasteiger partial charge in [-0.25, -0.2) is 4.79 Å². The van der Waals surface area contributed by atoms with Crippen LogP contribution in [-0.2, 0) is 36.9 Å². The number of nitrogens with zero attached hydrogens (tertiary/aromatic N) is 2. The second-order valence-corrected chi connectivity index (χ2v) is 14.9. The van der Waals surface area contributed by atoms with Gasteiger partial charge in [-0.05, 0) is 79.6 Å². The van der Waals surface area contributed by atoms with E-state index in [1.165, 1.54) is 79.4 Å². The number of carbonyl (C=O) groups excluding carboxylic acids is 4. The Labute approximate surface area is 342 Å². The van der Waals surface area contributed by atoms with Gasteiger partial charge in [0.25, 0.3) is 11.0 Å². The first-order valence-electron chi connectivity index (χ1n) is 20.5. The zero-order valence-corrected chi connectivity index (χ0v) is 35.3. The fourth-order valence-electron chi connectivity index (χ4n) is 7.44. The molecule has 0 aliphatic rings. The molecule has 4 aromatic carbocycles. The van der Waals surface area contributed by atoms with Crippen molar-refractivity contribution in [1.82, 2.24) is 9.13 Å². The van der Waals surface area contributed by atoms with Crippen molar-refractivity contribution in [3.05, 3.63) is 96.6 Å². The van der Waals surface area contributed by atoms with Gasteiger partial charge in [-0.3, -0.25) is 14.4 Å². The number of halogens is 1. The Bertz CT molecular complexity index is 2200. The summed E-state index contributed by atoms with van der Waals surface area (Å²) in [5.41, 5.74) is 5.43. The predicted molar refractivity (Wildman–Crippen MR) is 234 cm³/mol. The van der Waals surface area contributed by atoms with Crippen molar-refractivity contribution in [2.75, 3.05) is 20.3 Å². The smallest absolute Gasteiger partial charge is 0.379 e. The monoisotopic (exact) mass is 794 g/mol. The van der Waals surface area contributed by atoms with Gasteiger partial charge in [0.05, 0.1) is 6.61 Å². The molecule has 2 atom stereocenters. The fraction of sp³-hybridized carbons (Fsp3) is 0.417. The quantitative estimate of drug-likeness (QED) is 0.0372. The Balaban J connectivity index is 0.000000218. The minimum absolute atomic E-state index is 0.197. The molecule has 8 nitrogen and oxygen atoms in total. The van der Waals surface area contributed by atoms with E-state index in [-0.39, 0.29) is 13.2 Å². The molecule has 57 heavy (non-hydrogen) atoms. The third-order valence-electron chi connectivity index (χ3n) is 10.6. The number of ether oxygens (including phenoxy) is 2. The lowest BCUT2D eigenvalue weighted by Gasteiger charge is -2.17. The molecule has 0 bridgehead atoms.